The summed E-state index contributed by atoms with van der Waals surface area (Å²) in [4.78, 5) is 22.4. The van der Waals surface area contributed by atoms with Crippen LogP contribution in [0.5, 0.6) is 5.75 Å². The quantitative estimate of drug-likeness (QED) is 0.663. The van der Waals surface area contributed by atoms with Gasteiger partial charge in [-0.15, -0.1) is 0 Å². The third-order valence-corrected chi connectivity index (χ3v) is 7.73. The standard InChI is InChI=1S/C27H37N3O3/c1-18-19(2)24(32-5)12-11-22(18)23-9-7-8-21-17-29(14-15-30(21)23)26(31)20-10-13-25(28-16-20)27(3,4)33-6/h10-13,16,21,23H,7-9,14-15,17H2,1-6H3/t21-,23+/m0/s1. The number of fused-ring (bicyclic) bond motifs is 1. The second-order valence-electron chi connectivity index (χ2n) is 9.84. The highest BCUT2D eigenvalue weighted by Crippen LogP contribution is 2.39. The largest absolute Gasteiger partial charge is 0.496 e. The van der Waals surface area contributed by atoms with Crippen molar-refractivity contribution >= 4 is 5.91 Å². The molecule has 1 aromatic carbocycles. The van der Waals surface area contributed by atoms with Gasteiger partial charge in [-0.2, -0.15) is 0 Å². The molecule has 0 radical (unpaired) electrons. The van der Waals surface area contributed by atoms with Crippen molar-refractivity contribution in [2.75, 3.05) is 33.9 Å². The van der Waals surface area contributed by atoms with Crippen LogP contribution in [0, 0.1) is 13.8 Å². The number of methoxy groups -OCH3 is 2. The van der Waals surface area contributed by atoms with Crippen LogP contribution in [0.2, 0.25) is 0 Å². The second kappa shape index (κ2) is 9.43. The number of rotatable bonds is 5. The molecule has 178 valence electrons. The molecule has 0 saturated carbocycles. The maximum absolute atomic E-state index is 13.2. The molecule has 2 aliphatic rings. The molecule has 0 unspecified atom stereocenters. The normalized spacial score (nSPS) is 21.6. The number of amides is 1. The summed E-state index contributed by atoms with van der Waals surface area (Å²) in [7, 11) is 3.41. The Kier molecular flexibility index (Phi) is 6.78. The van der Waals surface area contributed by atoms with E-state index in [1.165, 1.54) is 23.1 Å². The molecular formula is C27H37N3O3. The molecule has 2 aromatic rings. The molecule has 1 aromatic heterocycles. The molecule has 6 nitrogen and oxygen atoms in total. The van der Waals surface area contributed by atoms with E-state index in [1.54, 1.807) is 20.4 Å². The molecule has 4 rings (SSSR count). The maximum atomic E-state index is 13.2. The summed E-state index contributed by atoms with van der Waals surface area (Å²) >= 11 is 0. The van der Waals surface area contributed by atoms with Crippen molar-refractivity contribution in [3.8, 4) is 5.75 Å². The van der Waals surface area contributed by atoms with E-state index in [4.69, 9.17) is 9.47 Å². The van der Waals surface area contributed by atoms with E-state index >= 15 is 0 Å². The molecule has 0 N–H and O–H groups in total. The highest BCUT2D eigenvalue weighted by Gasteiger charge is 2.38. The zero-order chi connectivity index (χ0) is 23.8. The molecule has 2 aliphatic heterocycles. The van der Waals surface area contributed by atoms with Crippen molar-refractivity contribution in [2.45, 2.75) is 64.6 Å². The van der Waals surface area contributed by atoms with Gasteiger partial charge in [0.05, 0.1) is 18.4 Å². The van der Waals surface area contributed by atoms with E-state index in [9.17, 15) is 4.79 Å². The topological polar surface area (TPSA) is 54.9 Å². The zero-order valence-electron chi connectivity index (χ0n) is 20.9. The van der Waals surface area contributed by atoms with Crippen LogP contribution < -0.4 is 4.74 Å². The molecule has 0 spiro atoms. The Hall–Kier alpha value is -2.44. The Bertz CT molecular complexity index is 1000. The number of aromatic nitrogens is 1. The van der Waals surface area contributed by atoms with E-state index in [-0.39, 0.29) is 5.91 Å². The fraction of sp³-hybridized carbons (Fsp3) is 0.556. The summed E-state index contributed by atoms with van der Waals surface area (Å²) in [5.41, 5.74) is 4.95. The van der Waals surface area contributed by atoms with Crippen LogP contribution in [0.25, 0.3) is 0 Å². The number of carbonyl (C=O) groups excluding carboxylic acids is 1. The lowest BCUT2D eigenvalue weighted by Crippen LogP contribution is -2.57. The summed E-state index contributed by atoms with van der Waals surface area (Å²) in [5.74, 6) is 1.02. The SMILES string of the molecule is COc1ccc([C@H]2CCC[C@H]3CN(C(=O)c4ccc(C(C)(C)OC)nc4)CCN32)c(C)c1C. The molecule has 1 amide bonds. The number of benzene rings is 1. The molecule has 2 fully saturated rings. The lowest BCUT2D eigenvalue weighted by Gasteiger charge is -2.48. The monoisotopic (exact) mass is 451 g/mol. The average Bonchev–Trinajstić information content (AvgIpc) is 2.84. The fourth-order valence-electron chi connectivity index (χ4n) is 5.33. The van der Waals surface area contributed by atoms with Gasteiger partial charge in [-0.3, -0.25) is 14.7 Å². The number of carbonyl (C=O) groups is 1. The van der Waals surface area contributed by atoms with Crippen molar-refractivity contribution in [3.63, 3.8) is 0 Å². The highest BCUT2D eigenvalue weighted by atomic mass is 16.5. The van der Waals surface area contributed by atoms with Gasteiger partial charge < -0.3 is 14.4 Å². The number of ether oxygens (including phenoxy) is 2. The van der Waals surface area contributed by atoms with Gasteiger partial charge in [0.1, 0.15) is 11.4 Å². The summed E-state index contributed by atoms with van der Waals surface area (Å²) in [6.45, 7) is 10.7. The van der Waals surface area contributed by atoms with Crippen molar-refractivity contribution in [2.24, 2.45) is 0 Å². The average molecular weight is 452 g/mol. The van der Waals surface area contributed by atoms with E-state index in [0.29, 0.717) is 17.6 Å². The second-order valence-corrected chi connectivity index (χ2v) is 9.84. The smallest absolute Gasteiger partial charge is 0.255 e. The van der Waals surface area contributed by atoms with Crippen molar-refractivity contribution in [1.82, 2.24) is 14.8 Å². The molecule has 2 atom stereocenters. The lowest BCUT2D eigenvalue weighted by molar-refractivity contribution is 0.00988. The van der Waals surface area contributed by atoms with Crippen LogP contribution in [0.4, 0.5) is 0 Å². The minimum atomic E-state index is -0.470. The maximum Gasteiger partial charge on any atom is 0.255 e. The van der Waals surface area contributed by atoms with Crippen molar-refractivity contribution < 1.29 is 14.3 Å². The van der Waals surface area contributed by atoms with Crippen LogP contribution in [-0.4, -0.2) is 60.6 Å². The van der Waals surface area contributed by atoms with Gasteiger partial charge in [-0.05, 0) is 81.8 Å². The molecule has 0 aliphatic carbocycles. The number of nitrogens with zero attached hydrogens (tertiary/aromatic N) is 3. The van der Waals surface area contributed by atoms with E-state index in [0.717, 1.165) is 43.9 Å². The Balaban J connectivity index is 1.48. The van der Waals surface area contributed by atoms with Gasteiger partial charge in [0.2, 0.25) is 0 Å². The molecule has 6 heteroatoms. The highest BCUT2D eigenvalue weighted by molar-refractivity contribution is 5.94. The first-order valence-corrected chi connectivity index (χ1v) is 12.0. The Morgan fingerprint density at radius 1 is 1.06 bits per heavy atom. The van der Waals surface area contributed by atoms with Crippen molar-refractivity contribution in [1.29, 1.82) is 0 Å². The fourth-order valence-corrected chi connectivity index (χ4v) is 5.33. The third-order valence-electron chi connectivity index (χ3n) is 7.73. The minimum absolute atomic E-state index is 0.0718. The lowest BCUT2D eigenvalue weighted by atomic mass is 9.86. The van der Waals surface area contributed by atoms with Gasteiger partial charge in [0, 0.05) is 45.0 Å². The van der Waals surface area contributed by atoms with Gasteiger partial charge in [-0.1, -0.05) is 6.07 Å². The third kappa shape index (κ3) is 4.51. The summed E-state index contributed by atoms with van der Waals surface area (Å²) in [5, 5.41) is 0. The number of hydrogen-bond acceptors (Lipinski definition) is 5. The molecule has 3 heterocycles. The first-order valence-electron chi connectivity index (χ1n) is 12.0. The van der Waals surface area contributed by atoms with Gasteiger partial charge in [0.25, 0.3) is 5.91 Å². The van der Waals surface area contributed by atoms with Crippen LogP contribution in [0.3, 0.4) is 0 Å². The number of piperidine rings is 1. The number of piperazine rings is 1. The van der Waals surface area contributed by atoms with Crippen LogP contribution in [0.15, 0.2) is 30.5 Å². The van der Waals surface area contributed by atoms with Gasteiger partial charge in [-0.25, -0.2) is 0 Å². The molecule has 33 heavy (non-hydrogen) atoms. The molecule has 0 bridgehead atoms. The number of pyridine rings is 1. The van der Waals surface area contributed by atoms with Crippen LogP contribution in [-0.2, 0) is 10.3 Å². The van der Waals surface area contributed by atoms with E-state index < -0.39 is 5.60 Å². The van der Waals surface area contributed by atoms with E-state index in [1.807, 2.05) is 30.9 Å². The first kappa shape index (κ1) is 23.7. The van der Waals surface area contributed by atoms with Crippen LogP contribution >= 0.6 is 0 Å². The summed E-state index contributed by atoms with van der Waals surface area (Å²) < 4.78 is 11.0. The van der Waals surface area contributed by atoms with Crippen molar-refractivity contribution in [3.05, 3.63) is 58.4 Å². The number of hydrogen-bond donors (Lipinski definition) is 0. The van der Waals surface area contributed by atoms with Gasteiger partial charge >= 0.3 is 0 Å². The predicted octanol–water partition coefficient (Wildman–Crippen LogP) is 4.64. The zero-order valence-corrected chi connectivity index (χ0v) is 20.9. The Labute approximate surface area is 197 Å². The van der Waals surface area contributed by atoms with Crippen LogP contribution in [0.1, 0.15) is 71.9 Å². The summed E-state index contributed by atoms with van der Waals surface area (Å²) in [6.07, 6.45) is 5.17. The van der Waals surface area contributed by atoms with E-state index in [2.05, 4.69) is 35.9 Å². The summed E-state index contributed by atoms with van der Waals surface area (Å²) in [6, 6.07) is 8.91. The molecular weight excluding hydrogens is 414 g/mol. The minimum Gasteiger partial charge on any atom is -0.496 e. The Morgan fingerprint density at radius 2 is 1.85 bits per heavy atom. The molecule has 2 saturated heterocycles. The predicted molar refractivity (Wildman–Crippen MR) is 130 cm³/mol. The van der Waals surface area contributed by atoms with Gasteiger partial charge in [0.15, 0.2) is 0 Å². The Morgan fingerprint density at radius 3 is 2.52 bits per heavy atom. The first-order chi connectivity index (χ1) is 15.8.